The van der Waals surface area contributed by atoms with Crippen LogP contribution in [0.3, 0.4) is 0 Å². The topological polar surface area (TPSA) is 311 Å². The molecule has 1 aromatic rings. The van der Waals surface area contributed by atoms with E-state index in [9.17, 15) is 47.8 Å². The van der Waals surface area contributed by atoms with Crippen LogP contribution >= 0.6 is 31.3 Å². The Morgan fingerprint density at radius 1 is 0.838 bits per heavy atom. The average molecular weight is 660 g/mol. The summed E-state index contributed by atoms with van der Waals surface area (Å²) in [6, 6.07) is 0.887. The summed E-state index contributed by atoms with van der Waals surface area (Å²) < 4.78 is 65.6. The molecule has 7 atom stereocenters. The molecule has 1 aromatic heterocycles. The van der Waals surface area contributed by atoms with Crippen molar-refractivity contribution in [2.45, 2.75) is 24.5 Å². The summed E-state index contributed by atoms with van der Waals surface area (Å²) in [6.07, 6.45) is -6.03. The standard InChI is InChI=1S/C9H16N2O18P4.4Na.4H/c12-5-1-2-11(9(15)10-5)8-7(14)6(13)4(26-8)3-25-31(19,20)28-33(23,24)29-32(21,22)27-30(16,17)18;;;;;;;;/h1-2,4,6-8,13-14H,3H2,(H,19,20)(H,21,22)(H,23,24)(H,10,12,15)(H2,16,17,18);;;;;;;;/t4-,6-,7-,8-;;;;;;;;/m1......../s1. The summed E-state index contributed by atoms with van der Waals surface area (Å²) in [5.41, 5.74) is -1.82. The van der Waals surface area contributed by atoms with Crippen LogP contribution in [0.4, 0.5) is 0 Å². The maximum absolute atomic E-state index is 11.8. The number of hydrogen-bond donors (Lipinski definition) is 8. The minimum absolute atomic E-state index is 0. The van der Waals surface area contributed by atoms with Crippen LogP contribution < -0.4 is 11.2 Å². The van der Waals surface area contributed by atoms with Gasteiger partial charge in [0.2, 0.25) is 0 Å². The van der Waals surface area contributed by atoms with Crippen molar-refractivity contribution >= 4 is 150 Å². The molecule has 0 aromatic carbocycles. The van der Waals surface area contributed by atoms with Crippen molar-refractivity contribution in [1.82, 2.24) is 9.55 Å². The Hall–Kier alpha value is 3.12. The average Bonchev–Trinajstić information content (AvgIpc) is 2.84. The van der Waals surface area contributed by atoms with Gasteiger partial charge in [-0.3, -0.25) is 18.9 Å². The summed E-state index contributed by atoms with van der Waals surface area (Å²) in [6.45, 7) is -1.14. The zero-order valence-corrected chi connectivity index (χ0v) is 19.1. The Morgan fingerprint density at radius 2 is 1.32 bits per heavy atom. The van der Waals surface area contributed by atoms with Gasteiger partial charge in [-0.1, -0.05) is 0 Å². The van der Waals surface area contributed by atoms with E-state index >= 15 is 0 Å². The minimum atomic E-state index is -6.03. The molecule has 2 rings (SSSR count). The van der Waals surface area contributed by atoms with Crippen LogP contribution in [0.1, 0.15) is 6.23 Å². The number of aromatic amines is 1. The Morgan fingerprint density at radius 3 is 1.81 bits per heavy atom. The second-order valence-electron chi connectivity index (χ2n) is 6.00. The molecule has 1 saturated heterocycles. The van der Waals surface area contributed by atoms with E-state index in [-0.39, 0.29) is 118 Å². The van der Waals surface area contributed by atoms with Gasteiger partial charge in [0.15, 0.2) is 6.23 Å². The molecule has 1 fully saturated rings. The van der Waals surface area contributed by atoms with Gasteiger partial charge >= 0.3 is 155 Å². The number of ether oxygens (including phenoxy) is 1. The van der Waals surface area contributed by atoms with Crippen LogP contribution in [0.25, 0.3) is 0 Å². The summed E-state index contributed by atoms with van der Waals surface area (Å²) in [5.74, 6) is 0. The Labute approximate surface area is 294 Å². The van der Waals surface area contributed by atoms with Crippen LogP contribution in [-0.2, 0) is 40.5 Å². The molecule has 0 radical (unpaired) electrons. The number of nitrogens with one attached hydrogen (secondary N) is 1. The van der Waals surface area contributed by atoms with Gasteiger partial charge < -0.3 is 39.4 Å². The van der Waals surface area contributed by atoms with Crippen molar-refractivity contribution < 1.29 is 75.1 Å². The van der Waals surface area contributed by atoms with Gasteiger partial charge in [0, 0.05) is 12.3 Å². The van der Waals surface area contributed by atoms with E-state index in [1.807, 2.05) is 4.98 Å². The van der Waals surface area contributed by atoms with Gasteiger partial charge in [-0.25, -0.2) is 23.1 Å². The first-order valence-electron chi connectivity index (χ1n) is 7.96. The summed E-state index contributed by atoms with van der Waals surface area (Å²) in [7, 11) is -23.4. The molecule has 0 spiro atoms. The van der Waals surface area contributed by atoms with Crippen molar-refractivity contribution in [2.75, 3.05) is 6.61 Å². The fraction of sp³-hybridized carbons (Fsp3) is 0.556. The molecule has 1 aliphatic heterocycles. The van der Waals surface area contributed by atoms with E-state index in [1.165, 1.54) is 0 Å². The first-order chi connectivity index (χ1) is 14.8. The van der Waals surface area contributed by atoms with Gasteiger partial charge in [0.1, 0.15) is 18.3 Å². The molecule has 2 heterocycles. The van der Waals surface area contributed by atoms with Gasteiger partial charge in [-0.2, -0.15) is 12.9 Å². The van der Waals surface area contributed by atoms with Crippen LogP contribution in [0.2, 0.25) is 0 Å². The molecule has 0 saturated carbocycles. The van der Waals surface area contributed by atoms with Gasteiger partial charge in [0.05, 0.1) is 6.61 Å². The number of hydrogen-bond acceptors (Lipinski definition) is 13. The quantitative estimate of drug-likeness (QED) is 0.0860. The molecular formula is C9H20N2Na4O18P4. The van der Waals surface area contributed by atoms with Crippen LogP contribution in [0, 0.1) is 0 Å². The summed E-state index contributed by atoms with van der Waals surface area (Å²) in [4.78, 5) is 69.3. The number of rotatable bonds is 10. The maximum atomic E-state index is 11.8. The van der Waals surface area contributed by atoms with Crippen molar-refractivity contribution in [3.05, 3.63) is 33.1 Å². The van der Waals surface area contributed by atoms with E-state index in [1.54, 1.807) is 0 Å². The molecule has 8 N–H and O–H groups in total. The second-order valence-corrected chi connectivity index (χ2v) is 12.0. The van der Waals surface area contributed by atoms with Crippen LogP contribution in [0.15, 0.2) is 21.9 Å². The van der Waals surface area contributed by atoms with Crippen LogP contribution in [0.5, 0.6) is 0 Å². The van der Waals surface area contributed by atoms with E-state index in [4.69, 9.17) is 19.4 Å². The van der Waals surface area contributed by atoms with Crippen molar-refractivity contribution in [1.29, 1.82) is 0 Å². The van der Waals surface area contributed by atoms with Gasteiger partial charge in [-0.05, 0) is 0 Å². The molecule has 1 aliphatic rings. The van der Waals surface area contributed by atoms with Crippen molar-refractivity contribution in [2.24, 2.45) is 0 Å². The molecular weight excluding hydrogens is 640 g/mol. The zero-order chi connectivity index (χ0) is 25.4. The fourth-order valence-electron chi connectivity index (χ4n) is 2.34. The van der Waals surface area contributed by atoms with Gasteiger partial charge in [0.25, 0.3) is 5.56 Å². The second kappa shape index (κ2) is 17.4. The first-order valence-corrected chi connectivity index (χ1v) is 14.0. The van der Waals surface area contributed by atoms with E-state index in [2.05, 4.69) is 17.5 Å². The van der Waals surface area contributed by atoms with Crippen molar-refractivity contribution in [3.63, 3.8) is 0 Å². The predicted molar refractivity (Wildman–Crippen MR) is 127 cm³/mol. The predicted octanol–water partition coefficient (Wildman–Crippen LogP) is -4.98. The monoisotopic (exact) mass is 660 g/mol. The summed E-state index contributed by atoms with van der Waals surface area (Å²) >= 11 is 0. The molecule has 198 valence electrons. The molecule has 0 bridgehead atoms. The molecule has 28 heteroatoms. The number of aromatic nitrogens is 2. The number of phosphoric acid groups is 4. The Bertz CT molecular complexity index is 1190. The Balaban J connectivity index is -0.00000289. The fourth-order valence-corrected chi connectivity index (χ4v) is 6.80. The molecule has 0 aliphatic carbocycles. The first kappa shape index (κ1) is 44.6. The Kier molecular flexibility index (Phi) is 21.0. The summed E-state index contributed by atoms with van der Waals surface area (Å²) in [5, 5.41) is 20.0. The van der Waals surface area contributed by atoms with E-state index in [0.29, 0.717) is 4.57 Å². The van der Waals surface area contributed by atoms with Crippen LogP contribution in [-0.4, -0.2) is 187 Å². The molecule has 37 heavy (non-hydrogen) atoms. The third-order valence-corrected chi connectivity index (χ3v) is 8.94. The normalized spacial score (nSPS) is 26.0. The number of aliphatic hydroxyl groups excluding tert-OH is 2. The molecule has 20 nitrogen and oxygen atoms in total. The third kappa shape index (κ3) is 14.9. The SMILES string of the molecule is O=c1ccn([C@@H]2O[C@H](COP(=O)(O)OP(=O)(O)OP(=O)(O)OP(=O)(O)O)[C@@H](O)[C@H]2O)c(=O)[nH]1.[NaH].[NaH].[NaH].[NaH]. The molecule has 3 unspecified atom stereocenters. The number of phosphoric ester groups is 1. The number of nitrogens with zero attached hydrogens (tertiary/aromatic N) is 1. The number of H-pyrrole nitrogens is 1. The van der Waals surface area contributed by atoms with E-state index < -0.39 is 73.7 Å². The molecule has 0 amide bonds. The zero-order valence-electron chi connectivity index (χ0n) is 15.5. The van der Waals surface area contributed by atoms with Gasteiger partial charge in [-0.15, -0.1) is 0 Å². The number of aliphatic hydroxyl groups is 2. The van der Waals surface area contributed by atoms with Crippen molar-refractivity contribution in [3.8, 4) is 0 Å². The van der Waals surface area contributed by atoms with E-state index in [0.717, 1.165) is 12.3 Å². The third-order valence-electron chi connectivity index (χ3n) is 3.49.